The molecule has 4 aromatic rings. The second-order valence-electron chi connectivity index (χ2n) is 6.26. The molecule has 0 aliphatic heterocycles. The SMILES string of the molecule is CNCc1cnc(-c2nn(Cc3ccccc3F)c3ncc(F)cc23)nc1N. The Morgan fingerprint density at radius 3 is 2.68 bits per heavy atom. The molecule has 3 heterocycles. The topological polar surface area (TPSA) is 94.5 Å². The van der Waals surface area contributed by atoms with Gasteiger partial charge in [0.15, 0.2) is 11.5 Å². The molecule has 0 unspecified atom stereocenters. The molecule has 3 aromatic heterocycles. The fourth-order valence-corrected chi connectivity index (χ4v) is 2.96. The van der Waals surface area contributed by atoms with Gasteiger partial charge in [-0.15, -0.1) is 0 Å². The molecular formula is C19H17F2N7. The molecule has 0 amide bonds. The molecule has 1 aromatic carbocycles. The number of nitrogen functional groups attached to an aromatic ring is 1. The highest BCUT2D eigenvalue weighted by Crippen LogP contribution is 2.27. The molecule has 9 heteroatoms. The van der Waals surface area contributed by atoms with Gasteiger partial charge in [0.05, 0.1) is 18.1 Å². The summed E-state index contributed by atoms with van der Waals surface area (Å²) >= 11 is 0. The van der Waals surface area contributed by atoms with E-state index in [9.17, 15) is 8.78 Å². The van der Waals surface area contributed by atoms with E-state index in [0.717, 1.165) is 11.8 Å². The largest absolute Gasteiger partial charge is 0.383 e. The number of nitrogens with zero attached hydrogens (tertiary/aromatic N) is 5. The van der Waals surface area contributed by atoms with E-state index in [4.69, 9.17) is 5.73 Å². The van der Waals surface area contributed by atoms with Crippen molar-refractivity contribution in [1.29, 1.82) is 0 Å². The molecule has 0 saturated carbocycles. The van der Waals surface area contributed by atoms with Gasteiger partial charge in [-0.3, -0.25) is 0 Å². The van der Waals surface area contributed by atoms with E-state index in [1.807, 2.05) is 0 Å². The van der Waals surface area contributed by atoms with Crippen LogP contribution in [0.1, 0.15) is 11.1 Å². The van der Waals surface area contributed by atoms with Crippen molar-refractivity contribution >= 4 is 16.9 Å². The lowest BCUT2D eigenvalue weighted by molar-refractivity contribution is 0.588. The minimum atomic E-state index is -0.515. The van der Waals surface area contributed by atoms with Gasteiger partial charge in [-0.05, 0) is 19.2 Å². The summed E-state index contributed by atoms with van der Waals surface area (Å²) in [7, 11) is 1.79. The summed E-state index contributed by atoms with van der Waals surface area (Å²) in [5, 5.41) is 7.89. The summed E-state index contributed by atoms with van der Waals surface area (Å²) < 4.78 is 29.4. The highest BCUT2D eigenvalue weighted by molar-refractivity contribution is 5.89. The van der Waals surface area contributed by atoms with Crippen molar-refractivity contribution in [3.63, 3.8) is 0 Å². The van der Waals surface area contributed by atoms with Gasteiger partial charge in [0.25, 0.3) is 0 Å². The first kappa shape index (κ1) is 17.9. The third kappa shape index (κ3) is 3.27. The van der Waals surface area contributed by atoms with Gasteiger partial charge < -0.3 is 11.1 Å². The Morgan fingerprint density at radius 1 is 1.11 bits per heavy atom. The third-order valence-electron chi connectivity index (χ3n) is 4.31. The molecule has 0 radical (unpaired) electrons. The van der Waals surface area contributed by atoms with E-state index >= 15 is 0 Å². The van der Waals surface area contributed by atoms with Gasteiger partial charge in [0.1, 0.15) is 23.1 Å². The van der Waals surface area contributed by atoms with Crippen LogP contribution in [0.4, 0.5) is 14.6 Å². The molecule has 0 fully saturated rings. The lowest BCUT2D eigenvalue weighted by atomic mass is 10.2. The molecule has 0 spiro atoms. The molecule has 7 nitrogen and oxygen atoms in total. The van der Waals surface area contributed by atoms with Crippen LogP contribution in [-0.2, 0) is 13.1 Å². The number of hydrogen-bond donors (Lipinski definition) is 2. The number of anilines is 1. The number of halogens is 2. The maximum absolute atomic E-state index is 14.1. The fraction of sp³-hybridized carbons (Fsp3) is 0.158. The molecule has 0 atom stereocenters. The second-order valence-corrected chi connectivity index (χ2v) is 6.26. The van der Waals surface area contributed by atoms with Crippen LogP contribution in [0.5, 0.6) is 0 Å². The standard InChI is InChI=1S/C19H17F2N7/c1-23-7-12-8-24-18(26-17(12)22)16-14-6-13(20)9-25-19(14)28(27-16)10-11-4-2-3-5-15(11)21/h2-6,8-9,23H,7,10H2,1H3,(H2,22,24,26). The average molecular weight is 381 g/mol. The summed E-state index contributed by atoms with van der Waals surface area (Å²) in [4.78, 5) is 12.7. The fourth-order valence-electron chi connectivity index (χ4n) is 2.96. The van der Waals surface area contributed by atoms with Gasteiger partial charge >= 0.3 is 0 Å². The Hall–Kier alpha value is -3.46. The summed E-state index contributed by atoms with van der Waals surface area (Å²) in [5.41, 5.74) is 7.92. The Kier molecular flexibility index (Phi) is 4.66. The Morgan fingerprint density at radius 2 is 1.93 bits per heavy atom. The van der Waals surface area contributed by atoms with Crippen molar-refractivity contribution in [3.05, 3.63) is 65.5 Å². The minimum Gasteiger partial charge on any atom is -0.383 e. The smallest absolute Gasteiger partial charge is 0.182 e. The number of benzene rings is 1. The third-order valence-corrected chi connectivity index (χ3v) is 4.31. The van der Waals surface area contributed by atoms with E-state index in [1.165, 1.54) is 16.8 Å². The van der Waals surface area contributed by atoms with Crippen molar-refractivity contribution in [1.82, 2.24) is 30.0 Å². The quantitative estimate of drug-likeness (QED) is 0.552. The predicted octanol–water partition coefficient (Wildman–Crippen LogP) is 2.52. The van der Waals surface area contributed by atoms with Crippen LogP contribution >= 0.6 is 0 Å². The molecule has 4 rings (SSSR count). The number of fused-ring (bicyclic) bond motifs is 1. The molecule has 0 aliphatic rings. The highest BCUT2D eigenvalue weighted by Gasteiger charge is 2.18. The lowest BCUT2D eigenvalue weighted by Crippen LogP contribution is -2.10. The summed E-state index contributed by atoms with van der Waals surface area (Å²) in [6.07, 6.45) is 2.69. The molecular weight excluding hydrogens is 364 g/mol. The van der Waals surface area contributed by atoms with Crippen molar-refractivity contribution in [3.8, 4) is 11.5 Å². The molecule has 0 aliphatic carbocycles. The first-order valence-corrected chi connectivity index (χ1v) is 8.58. The zero-order valence-corrected chi connectivity index (χ0v) is 15.0. The maximum atomic E-state index is 14.1. The van der Waals surface area contributed by atoms with Gasteiger partial charge in [0, 0.05) is 23.9 Å². The van der Waals surface area contributed by atoms with Gasteiger partial charge in [-0.1, -0.05) is 18.2 Å². The Balaban J connectivity index is 1.84. The minimum absolute atomic E-state index is 0.134. The summed E-state index contributed by atoms with van der Waals surface area (Å²) in [6, 6.07) is 7.70. The van der Waals surface area contributed by atoms with Gasteiger partial charge in [-0.25, -0.2) is 28.4 Å². The van der Waals surface area contributed by atoms with Crippen molar-refractivity contribution < 1.29 is 8.78 Å². The maximum Gasteiger partial charge on any atom is 0.182 e. The first-order valence-electron chi connectivity index (χ1n) is 8.58. The van der Waals surface area contributed by atoms with E-state index in [1.54, 1.807) is 31.4 Å². The molecule has 0 bridgehead atoms. The molecule has 142 valence electrons. The Labute approximate surface area is 159 Å². The van der Waals surface area contributed by atoms with Gasteiger partial charge in [0.2, 0.25) is 0 Å². The van der Waals surface area contributed by atoms with Crippen LogP contribution in [0.3, 0.4) is 0 Å². The summed E-state index contributed by atoms with van der Waals surface area (Å²) in [6.45, 7) is 0.653. The Bertz CT molecular complexity index is 1160. The van der Waals surface area contributed by atoms with Gasteiger partial charge in [-0.2, -0.15) is 5.10 Å². The van der Waals surface area contributed by atoms with Crippen LogP contribution in [-0.4, -0.2) is 31.8 Å². The lowest BCUT2D eigenvalue weighted by Gasteiger charge is -2.05. The number of nitrogens with one attached hydrogen (secondary N) is 1. The molecule has 3 N–H and O–H groups in total. The number of aromatic nitrogens is 5. The molecule has 0 saturated heterocycles. The zero-order valence-electron chi connectivity index (χ0n) is 15.0. The van der Waals surface area contributed by atoms with Crippen molar-refractivity contribution in [2.45, 2.75) is 13.1 Å². The van der Waals surface area contributed by atoms with Crippen LogP contribution in [0.25, 0.3) is 22.6 Å². The number of pyridine rings is 1. The highest BCUT2D eigenvalue weighted by atomic mass is 19.1. The first-order chi connectivity index (χ1) is 13.6. The van der Waals surface area contributed by atoms with Crippen LogP contribution in [0, 0.1) is 11.6 Å². The summed E-state index contributed by atoms with van der Waals surface area (Å²) in [5.74, 6) is -0.312. The molecule has 28 heavy (non-hydrogen) atoms. The van der Waals surface area contributed by atoms with Crippen LogP contribution < -0.4 is 11.1 Å². The van der Waals surface area contributed by atoms with Crippen molar-refractivity contribution in [2.24, 2.45) is 0 Å². The second kappa shape index (κ2) is 7.28. The van der Waals surface area contributed by atoms with E-state index in [-0.39, 0.29) is 18.2 Å². The van der Waals surface area contributed by atoms with E-state index in [0.29, 0.717) is 34.7 Å². The number of hydrogen-bond acceptors (Lipinski definition) is 6. The van der Waals surface area contributed by atoms with Crippen LogP contribution in [0.2, 0.25) is 0 Å². The van der Waals surface area contributed by atoms with Crippen molar-refractivity contribution in [2.75, 3.05) is 12.8 Å². The number of rotatable bonds is 5. The monoisotopic (exact) mass is 381 g/mol. The van der Waals surface area contributed by atoms with E-state index < -0.39 is 5.82 Å². The predicted molar refractivity (Wildman–Crippen MR) is 101 cm³/mol. The average Bonchev–Trinajstić information content (AvgIpc) is 3.03. The normalized spacial score (nSPS) is 11.2. The van der Waals surface area contributed by atoms with Crippen LogP contribution in [0.15, 0.2) is 42.7 Å². The number of nitrogens with two attached hydrogens (primary N) is 1. The van der Waals surface area contributed by atoms with E-state index in [2.05, 4.69) is 25.4 Å². The zero-order chi connectivity index (χ0) is 19.7.